The van der Waals surface area contributed by atoms with Crippen LogP contribution < -0.4 is 0 Å². The molecule has 1 amide bonds. The minimum atomic E-state index is 0.187. The highest BCUT2D eigenvalue weighted by Crippen LogP contribution is 2.22. The first kappa shape index (κ1) is 14.9. The zero-order chi connectivity index (χ0) is 13.7. The molecule has 1 fully saturated rings. The molecule has 0 aliphatic carbocycles. The molecule has 1 aliphatic rings. The second-order valence-corrected chi connectivity index (χ2v) is 6.64. The van der Waals surface area contributed by atoms with Crippen molar-refractivity contribution in [1.82, 2.24) is 4.90 Å². The number of carbonyl (C=O) groups is 1. The van der Waals surface area contributed by atoms with Gasteiger partial charge in [-0.15, -0.1) is 11.8 Å². The van der Waals surface area contributed by atoms with Crippen molar-refractivity contribution in [3.05, 3.63) is 29.8 Å². The third kappa shape index (κ3) is 3.99. The van der Waals surface area contributed by atoms with E-state index >= 15 is 0 Å². The van der Waals surface area contributed by atoms with E-state index in [9.17, 15) is 4.79 Å². The van der Waals surface area contributed by atoms with Gasteiger partial charge in [0.2, 0.25) is 0 Å². The average Bonchev–Trinajstić information content (AvgIpc) is 2.47. The number of hydrogen-bond donors (Lipinski definition) is 0. The second-order valence-electron chi connectivity index (χ2n) is 4.97. The van der Waals surface area contributed by atoms with Crippen molar-refractivity contribution in [3.63, 3.8) is 0 Å². The number of thioether (sulfide) groups is 1. The Hall–Kier alpha value is -0.480. The molecule has 0 bridgehead atoms. The molecule has 4 heteroatoms. The van der Waals surface area contributed by atoms with Gasteiger partial charge in [0, 0.05) is 28.9 Å². The fourth-order valence-electron chi connectivity index (χ4n) is 2.56. The first-order valence-electron chi connectivity index (χ1n) is 6.74. The predicted octanol–water partition coefficient (Wildman–Crippen LogP) is 4.05. The van der Waals surface area contributed by atoms with E-state index in [1.807, 2.05) is 35.4 Å². The van der Waals surface area contributed by atoms with Gasteiger partial charge in [-0.2, -0.15) is 0 Å². The van der Waals surface area contributed by atoms with Crippen LogP contribution in [0.2, 0.25) is 0 Å². The molecule has 0 radical (unpaired) electrons. The summed E-state index contributed by atoms with van der Waals surface area (Å²) in [7, 11) is 0. The molecule has 2 rings (SSSR count). The van der Waals surface area contributed by atoms with E-state index in [4.69, 9.17) is 0 Å². The Morgan fingerprint density at radius 2 is 2.16 bits per heavy atom. The molecule has 2 nitrogen and oxygen atoms in total. The molecule has 1 unspecified atom stereocenters. The van der Waals surface area contributed by atoms with Gasteiger partial charge >= 0.3 is 0 Å². The van der Waals surface area contributed by atoms with E-state index in [-0.39, 0.29) is 5.91 Å². The van der Waals surface area contributed by atoms with Crippen LogP contribution in [0.3, 0.4) is 0 Å². The van der Waals surface area contributed by atoms with Crippen molar-refractivity contribution in [2.24, 2.45) is 5.92 Å². The van der Waals surface area contributed by atoms with Crippen LogP contribution in [-0.4, -0.2) is 35.5 Å². The van der Waals surface area contributed by atoms with Crippen LogP contribution in [0.1, 0.15) is 29.6 Å². The Bertz CT molecular complexity index is 419. The Balaban J connectivity index is 2.01. The summed E-state index contributed by atoms with van der Waals surface area (Å²) in [5, 5.41) is 1.03. The fourth-order valence-corrected chi connectivity index (χ4v) is 3.61. The van der Waals surface area contributed by atoms with Gasteiger partial charge in [0.15, 0.2) is 0 Å². The molecule has 1 heterocycles. The molecule has 104 valence electrons. The number of likely N-dealkylation sites (tertiary alicyclic amines) is 1. The summed E-state index contributed by atoms with van der Waals surface area (Å²) in [4.78, 5) is 15.7. The maximum atomic E-state index is 12.5. The van der Waals surface area contributed by atoms with Gasteiger partial charge in [-0.25, -0.2) is 0 Å². The molecule has 1 aromatic rings. The Morgan fingerprint density at radius 3 is 2.79 bits per heavy atom. The molecule has 0 N–H and O–H groups in total. The molecule has 1 atom stereocenters. The molecule has 0 aromatic heterocycles. The quantitative estimate of drug-likeness (QED) is 0.608. The monoisotopic (exact) mass is 341 g/mol. The van der Waals surface area contributed by atoms with Crippen molar-refractivity contribution in [1.29, 1.82) is 0 Å². The first-order chi connectivity index (χ1) is 9.24. The summed E-state index contributed by atoms with van der Waals surface area (Å²) < 4.78 is 0. The highest BCUT2D eigenvalue weighted by molar-refractivity contribution is 9.09. The lowest BCUT2D eigenvalue weighted by molar-refractivity contribution is 0.0672. The highest BCUT2D eigenvalue weighted by Gasteiger charge is 2.23. The van der Waals surface area contributed by atoms with E-state index in [2.05, 4.69) is 15.9 Å². The second kappa shape index (κ2) is 7.34. The van der Waals surface area contributed by atoms with Crippen molar-refractivity contribution < 1.29 is 4.79 Å². The summed E-state index contributed by atoms with van der Waals surface area (Å²) in [6.45, 7) is 1.82. The van der Waals surface area contributed by atoms with Crippen LogP contribution in [-0.2, 0) is 0 Å². The van der Waals surface area contributed by atoms with Crippen molar-refractivity contribution >= 4 is 33.6 Å². The van der Waals surface area contributed by atoms with Crippen LogP contribution in [0.15, 0.2) is 29.2 Å². The summed E-state index contributed by atoms with van der Waals surface area (Å²) in [5.41, 5.74) is 0.817. The molecule has 19 heavy (non-hydrogen) atoms. The van der Waals surface area contributed by atoms with E-state index in [0.29, 0.717) is 5.92 Å². The summed E-state index contributed by atoms with van der Waals surface area (Å²) in [6, 6.07) is 7.94. The Kier molecular flexibility index (Phi) is 5.76. The zero-order valence-corrected chi connectivity index (χ0v) is 13.7. The molecular weight excluding hydrogens is 322 g/mol. The molecule has 0 saturated carbocycles. The number of benzene rings is 1. The van der Waals surface area contributed by atoms with Crippen LogP contribution in [0.5, 0.6) is 0 Å². The Labute approximate surface area is 128 Å². The van der Waals surface area contributed by atoms with Gasteiger partial charge in [0.05, 0.1) is 0 Å². The molecule has 1 aliphatic heterocycles. The number of rotatable bonds is 4. The van der Waals surface area contributed by atoms with Gasteiger partial charge in [-0.1, -0.05) is 15.9 Å². The third-order valence-corrected chi connectivity index (χ3v) is 4.86. The zero-order valence-electron chi connectivity index (χ0n) is 11.3. The number of halogens is 1. The van der Waals surface area contributed by atoms with E-state index in [1.165, 1.54) is 11.3 Å². The fraction of sp³-hybridized carbons (Fsp3) is 0.533. The number of hydrogen-bond acceptors (Lipinski definition) is 2. The number of alkyl halides is 1. The van der Waals surface area contributed by atoms with E-state index < -0.39 is 0 Å². The maximum absolute atomic E-state index is 12.5. The van der Waals surface area contributed by atoms with Gasteiger partial charge in [0.1, 0.15) is 0 Å². The van der Waals surface area contributed by atoms with E-state index in [0.717, 1.165) is 36.8 Å². The lowest BCUT2D eigenvalue weighted by Gasteiger charge is -2.32. The number of piperidine rings is 1. The maximum Gasteiger partial charge on any atom is 0.253 e. The number of carbonyl (C=O) groups excluding carboxylic acids is 1. The van der Waals surface area contributed by atoms with Gasteiger partial charge in [-0.3, -0.25) is 4.79 Å². The average molecular weight is 342 g/mol. The highest BCUT2D eigenvalue weighted by atomic mass is 79.9. The summed E-state index contributed by atoms with van der Waals surface area (Å²) >= 11 is 5.20. The smallest absolute Gasteiger partial charge is 0.253 e. The number of amides is 1. The lowest BCUT2D eigenvalue weighted by Crippen LogP contribution is -2.40. The lowest BCUT2D eigenvalue weighted by atomic mass is 9.95. The summed E-state index contributed by atoms with van der Waals surface area (Å²) in [6.07, 6.45) is 5.59. The van der Waals surface area contributed by atoms with Gasteiger partial charge in [-0.05, 0) is 55.7 Å². The minimum Gasteiger partial charge on any atom is -0.338 e. The minimum absolute atomic E-state index is 0.187. The van der Waals surface area contributed by atoms with Crippen molar-refractivity contribution in [2.75, 3.05) is 24.7 Å². The van der Waals surface area contributed by atoms with E-state index in [1.54, 1.807) is 11.8 Å². The van der Waals surface area contributed by atoms with Crippen LogP contribution in [0.25, 0.3) is 0 Å². The van der Waals surface area contributed by atoms with Crippen LogP contribution in [0.4, 0.5) is 0 Å². The first-order valence-corrected chi connectivity index (χ1v) is 9.08. The topological polar surface area (TPSA) is 20.3 Å². The standard InChI is InChI=1S/C15H20BrNOS/c1-19-14-6-4-13(5-7-14)15(18)17-10-2-3-12(11-17)8-9-16/h4-7,12H,2-3,8-11H2,1H3. The van der Waals surface area contributed by atoms with Crippen molar-refractivity contribution in [2.45, 2.75) is 24.2 Å². The predicted molar refractivity (Wildman–Crippen MR) is 85.3 cm³/mol. The van der Waals surface area contributed by atoms with Crippen LogP contribution in [0, 0.1) is 5.92 Å². The SMILES string of the molecule is CSc1ccc(C(=O)N2CCCC(CCBr)C2)cc1. The Morgan fingerprint density at radius 1 is 1.42 bits per heavy atom. The molecule has 1 saturated heterocycles. The van der Waals surface area contributed by atoms with Gasteiger partial charge in [0.25, 0.3) is 5.91 Å². The molecular formula is C15H20BrNOS. The normalized spacial score (nSPS) is 19.5. The van der Waals surface area contributed by atoms with Crippen LogP contribution >= 0.6 is 27.7 Å². The number of nitrogens with zero attached hydrogens (tertiary/aromatic N) is 1. The van der Waals surface area contributed by atoms with Crippen molar-refractivity contribution in [3.8, 4) is 0 Å². The summed E-state index contributed by atoms with van der Waals surface area (Å²) in [5.74, 6) is 0.842. The molecule has 1 aromatic carbocycles. The molecule has 0 spiro atoms. The largest absolute Gasteiger partial charge is 0.338 e. The van der Waals surface area contributed by atoms with Gasteiger partial charge < -0.3 is 4.90 Å². The third-order valence-electron chi connectivity index (χ3n) is 3.66.